The maximum absolute atomic E-state index is 4.61. The summed E-state index contributed by atoms with van der Waals surface area (Å²) in [5.41, 5.74) is 1.20. The van der Waals surface area contributed by atoms with E-state index < -0.39 is 0 Å². The van der Waals surface area contributed by atoms with Gasteiger partial charge in [-0.15, -0.1) is 11.3 Å². The van der Waals surface area contributed by atoms with Crippen LogP contribution in [-0.2, 0) is 6.42 Å². The van der Waals surface area contributed by atoms with E-state index in [-0.39, 0.29) is 0 Å². The average Bonchev–Trinajstić information content (AvgIpc) is 2.47. The Balaban J connectivity index is 2.56. The Kier molecular flexibility index (Phi) is 5.26. The van der Waals surface area contributed by atoms with Crippen LogP contribution in [0.3, 0.4) is 0 Å². The van der Waals surface area contributed by atoms with Crippen molar-refractivity contribution in [3.8, 4) is 0 Å². The second-order valence-corrected chi connectivity index (χ2v) is 5.45. The van der Waals surface area contributed by atoms with Crippen LogP contribution in [0.1, 0.15) is 35.3 Å². The van der Waals surface area contributed by atoms with Crippen molar-refractivity contribution in [3.63, 3.8) is 0 Å². The van der Waals surface area contributed by atoms with E-state index in [1.165, 1.54) is 28.4 Å². The van der Waals surface area contributed by atoms with Gasteiger partial charge in [-0.1, -0.05) is 13.3 Å². The summed E-state index contributed by atoms with van der Waals surface area (Å²) in [5, 5.41) is 4.58. The third-order valence-corrected chi connectivity index (χ3v) is 3.82. The van der Waals surface area contributed by atoms with Gasteiger partial charge in [0.1, 0.15) is 0 Å². The van der Waals surface area contributed by atoms with Crippen molar-refractivity contribution in [2.75, 3.05) is 13.6 Å². The van der Waals surface area contributed by atoms with Crippen LogP contribution >= 0.6 is 11.3 Å². The van der Waals surface area contributed by atoms with Crippen LogP contribution < -0.4 is 5.32 Å². The molecular formula is C12H22N2S. The first-order valence-corrected chi connectivity index (χ1v) is 6.56. The lowest BCUT2D eigenvalue weighted by Crippen LogP contribution is -2.20. The van der Waals surface area contributed by atoms with Crippen molar-refractivity contribution in [2.24, 2.45) is 5.92 Å². The van der Waals surface area contributed by atoms with Gasteiger partial charge in [0, 0.05) is 11.3 Å². The molecule has 1 aromatic heterocycles. The number of thiazole rings is 1. The monoisotopic (exact) mass is 226 g/mol. The maximum Gasteiger partial charge on any atom is 0.0934 e. The van der Waals surface area contributed by atoms with Gasteiger partial charge in [0.2, 0.25) is 0 Å². The average molecular weight is 226 g/mol. The molecule has 0 aliphatic carbocycles. The predicted octanol–water partition coefficient (Wildman–Crippen LogP) is 2.94. The molecule has 0 aromatic carbocycles. The summed E-state index contributed by atoms with van der Waals surface area (Å²) in [4.78, 5) is 5.97. The van der Waals surface area contributed by atoms with Crippen LogP contribution in [0.2, 0.25) is 0 Å². The zero-order valence-corrected chi connectivity index (χ0v) is 11.1. The summed E-state index contributed by atoms with van der Waals surface area (Å²) < 4.78 is 0. The minimum absolute atomic E-state index is 0.741. The van der Waals surface area contributed by atoms with Crippen molar-refractivity contribution in [2.45, 2.75) is 40.0 Å². The van der Waals surface area contributed by atoms with Crippen molar-refractivity contribution >= 4 is 11.3 Å². The smallest absolute Gasteiger partial charge is 0.0934 e. The number of rotatable bonds is 6. The first kappa shape index (κ1) is 12.7. The van der Waals surface area contributed by atoms with E-state index in [9.17, 15) is 0 Å². The van der Waals surface area contributed by atoms with Gasteiger partial charge in [-0.05, 0) is 39.8 Å². The fraction of sp³-hybridized carbons (Fsp3) is 0.750. The topological polar surface area (TPSA) is 24.9 Å². The van der Waals surface area contributed by atoms with Gasteiger partial charge in [-0.25, -0.2) is 4.98 Å². The predicted molar refractivity (Wildman–Crippen MR) is 67.6 cm³/mol. The lowest BCUT2D eigenvalue weighted by atomic mass is 10.0. The summed E-state index contributed by atoms with van der Waals surface area (Å²) in [6, 6.07) is 0. The van der Waals surface area contributed by atoms with Gasteiger partial charge >= 0.3 is 0 Å². The van der Waals surface area contributed by atoms with Crippen LogP contribution in [0.15, 0.2) is 0 Å². The summed E-state index contributed by atoms with van der Waals surface area (Å²) >= 11 is 1.86. The summed E-state index contributed by atoms with van der Waals surface area (Å²) in [6.45, 7) is 7.61. The number of nitrogens with zero attached hydrogens (tertiary/aromatic N) is 1. The molecule has 0 fully saturated rings. The lowest BCUT2D eigenvalue weighted by Gasteiger charge is -2.13. The lowest BCUT2D eigenvalue weighted by molar-refractivity contribution is 0.455. The number of aryl methyl sites for hydroxylation is 2. The molecule has 1 heterocycles. The van der Waals surface area contributed by atoms with Gasteiger partial charge in [-0.3, -0.25) is 0 Å². The molecule has 0 saturated carbocycles. The molecule has 1 atom stereocenters. The molecule has 0 radical (unpaired) electrons. The van der Waals surface area contributed by atoms with Gasteiger partial charge in [0.15, 0.2) is 0 Å². The Bertz CT molecular complexity index is 268. The van der Waals surface area contributed by atoms with E-state index in [1.807, 2.05) is 18.4 Å². The molecule has 3 heteroatoms. The van der Waals surface area contributed by atoms with Gasteiger partial charge in [0.05, 0.1) is 10.7 Å². The second kappa shape index (κ2) is 6.23. The SMILES string of the molecule is CCCC(CNC)Cc1nc(C)c(C)s1. The third-order valence-electron chi connectivity index (χ3n) is 2.73. The zero-order valence-electron chi connectivity index (χ0n) is 10.3. The fourth-order valence-electron chi connectivity index (χ4n) is 1.85. The highest BCUT2D eigenvalue weighted by atomic mass is 32.1. The van der Waals surface area contributed by atoms with Crippen LogP contribution in [0, 0.1) is 19.8 Å². The zero-order chi connectivity index (χ0) is 11.3. The standard InChI is InChI=1S/C12H22N2S/c1-5-6-11(8-13-4)7-12-14-9(2)10(3)15-12/h11,13H,5-8H2,1-4H3. The molecule has 0 aliphatic rings. The van der Waals surface area contributed by atoms with Gasteiger partial charge in [0.25, 0.3) is 0 Å². The number of aromatic nitrogens is 1. The number of nitrogens with one attached hydrogen (secondary N) is 1. The van der Waals surface area contributed by atoms with Gasteiger partial charge in [-0.2, -0.15) is 0 Å². The Labute approximate surface area is 97.1 Å². The Morgan fingerprint density at radius 2 is 2.13 bits per heavy atom. The van der Waals surface area contributed by atoms with E-state index in [4.69, 9.17) is 0 Å². The molecule has 1 unspecified atom stereocenters. The molecule has 1 aromatic rings. The van der Waals surface area contributed by atoms with Crippen molar-refractivity contribution < 1.29 is 0 Å². The molecular weight excluding hydrogens is 204 g/mol. The first-order chi connectivity index (χ1) is 7.17. The van der Waals surface area contributed by atoms with Crippen LogP contribution in [0.5, 0.6) is 0 Å². The molecule has 0 bridgehead atoms. The van der Waals surface area contributed by atoms with Gasteiger partial charge < -0.3 is 5.32 Å². The van der Waals surface area contributed by atoms with Crippen LogP contribution in [-0.4, -0.2) is 18.6 Å². The Morgan fingerprint density at radius 1 is 1.40 bits per heavy atom. The highest BCUT2D eigenvalue weighted by Crippen LogP contribution is 2.21. The fourth-order valence-corrected chi connectivity index (χ4v) is 2.90. The highest BCUT2D eigenvalue weighted by Gasteiger charge is 2.11. The maximum atomic E-state index is 4.61. The summed E-state index contributed by atoms with van der Waals surface area (Å²) in [5.74, 6) is 0.741. The Hall–Kier alpha value is -0.410. The molecule has 0 spiro atoms. The molecule has 0 saturated heterocycles. The molecule has 1 N–H and O–H groups in total. The van der Waals surface area contributed by atoms with Crippen molar-refractivity contribution in [1.82, 2.24) is 10.3 Å². The molecule has 0 amide bonds. The van der Waals surface area contributed by atoms with Crippen LogP contribution in [0.25, 0.3) is 0 Å². The van der Waals surface area contributed by atoms with E-state index in [2.05, 4.69) is 31.1 Å². The highest BCUT2D eigenvalue weighted by molar-refractivity contribution is 7.11. The quantitative estimate of drug-likeness (QED) is 0.806. The minimum atomic E-state index is 0.741. The van der Waals surface area contributed by atoms with Crippen molar-refractivity contribution in [1.29, 1.82) is 0 Å². The molecule has 1 rings (SSSR count). The third kappa shape index (κ3) is 3.92. The minimum Gasteiger partial charge on any atom is -0.319 e. The van der Waals surface area contributed by atoms with E-state index in [1.54, 1.807) is 0 Å². The van der Waals surface area contributed by atoms with E-state index >= 15 is 0 Å². The molecule has 15 heavy (non-hydrogen) atoms. The first-order valence-electron chi connectivity index (χ1n) is 5.74. The van der Waals surface area contributed by atoms with E-state index in [0.29, 0.717) is 0 Å². The molecule has 0 aliphatic heterocycles. The normalized spacial score (nSPS) is 13.1. The molecule has 2 nitrogen and oxygen atoms in total. The number of hydrogen-bond acceptors (Lipinski definition) is 3. The summed E-state index contributed by atoms with van der Waals surface area (Å²) in [7, 11) is 2.03. The number of hydrogen-bond donors (Lipinski definition) is 1. The second-order valence-electron chi connectivity index (χ2n) is 4.17. The Morgan fingerprint density at radius 3 is 2.60 bits per heavy atom. The van der Waals surface area contributed by atoms with Crippen molar-refractivity contribution in [3.05, 3.63) is 15.6 Å². The largest absolute Gasteiger partial charge is 0.319 e. The summed E-state index contributed by atoms with van der Waals surface area (Å²) in [6.07, 6.45) is 3.68. The van der Waals surface area contributed by atoms with Crippen LogP contribution in [0.4, 0.5) is 0 Å². The van der Waals surface area contributed by atoms with E-state index in [0.717, 1.165) is 18.9 Å². The molecule has 86 valence electrons.